The molecule has 28 heavy (non-hydrogen) atoms. The Morgan fingerprint density at radius 3 is 2.54 bits per heavy atom. The van der Waals surface area contributed by atoms with Crippen molar-refractivity contribution in [3.8, 4) is 21.8 Å². The van der Waals surface area contributed by atoms with Crippen molar-refractivity contribution in [1.82, 2.24) is 9.97 Å². The SMILES string of the molecule is Cc1sc(-c2ccncc2)nc1-c1ccc2c(c1)CCCC(=O)N2C(C)C.Cl. The van der Waals surface area contributed by atoms with Crippen LogP contribution in [0.2, 0.25) is 0 Å². The van der Waals surface area contributed by atoms with Gasteiger partial charge in [-0.15, -0.1) is 23.7 Å². The standard InChI is InChI=1S/C22H23N3OS.ClH/c1-14(2)25-19-8-7-18(13-17(19)5-4-6-20(25)26)21-15(3)27-22(24-21)16-9-11-23-12-10-16;/h7-14H,4-6H2,1-3H3;1H. The van der Waals surface area contributed by atoms with Crippen LogP contribution < -0.4 is 4.90 Å². The maximum atomic E-state index is 12.5. The van der Waals surface area contributed by atoms with Gasteiger partial charge in [-0.25, -0.2) is 4.98 Å². The summed E-state index contributed by atoms with van der Waals surface area (Å²) in [5.41, 5.74) is 5.54. The summed E-state index contributed by atoms with van der Waals surface area (Å²) >= 11 is 1.71. The van der Waals surface area contributed by atoms with E-state index in [0.717, 1.165) is 40.4 Å². The van der Waals surface area contributed by atoms with Gasteiger partial charge in [-0.3, -0.25) is 9.78 Å². The lowest BCUT2D eigenvalue weighted by atomic mass is 10.0. The average Bonchev–Trinajstić information content (AvgIpc) is 2.96. The van der Waals surface area contributed by atoms with Gasteiger partial charge in [-0.1, -0.05) is 6.07 Å². The number of benzene rings is 1. The van der Waals surface area contributed by atoms with Crippen molar-refractivity contribution in [1.29, 1.82) is 0 Å². The zero-order valence-corrected chi connectivity index (χ0v) is 17.9. The van der Waals surface area contributed by atoms with E-state index in [0.29, 0.717) is 6.42 Å². The summed E-state index contributed by atoms with van der Waals surface area (Å²) in [6, 6.07) is 10.6. The van der Waals surface area contributed by atoms with Crippen LogP contribution in [-0.4, -0.2) is 21.9 Å². The fraction of sp³-hybridized carbons (Fsp3) is 0.318. The molecule has 0 bridgehead atoms. The van der Waals surface area contributed by atoms with Gasteiger partial charge in [0.15, 0.2) is 0 Å². The van der Waals surface area contributed by atoms with Crippen molar-refractivity contribution in [2.24, 2.45) is 0 Å². The molecule has 4 nitrogen and oxygen atoms in total. The van der Waals surface area contributed by atoms with Crippen molar-refractivity contribution in [2.45, 2.75) is 46.1 Å². The number of thiazole rings is 1. The highest BCUT2D eigenvalue weighted by atomic mass is 35.5. The molecule has 3 aromatic rings. The highest BCUT2D eigenvalue weighted by Gasteiger charge is 2.25. The fourth-order valence-corrected chi connectivity index (χ4v) is 4.64. The van der Waals surface area contributed by atoms with Crippen LogP contribution >= 0.6 is 23.7 Å². The summed E-state index contributed by atoms with van der Waals surface area (Å²) in [5, 5.41) is 1.01. The molecule has 0 atom stereocenters. The number of carbonyl (C=O) groups excluding carboxylic acids is 1. The smallest absolute Gasteiger partial charge is 0.227 e. The third kappa shape index (κ3) is 3.82. The van der Waals surface area contributed by atoms with E-state index in [2.05, 4.69) is 44.0 Å². The molecule has 3 heterocycles. The van der Waals surface area contributed by atoms with E-state index in [9.17, 15) is 4.79 Å². The molecule has 0 N–H and O–H groups in total. The first-order valence-electron chi connectivity index (χ1n) is 9.38. The largest absolute Gasteiger partial charge is 0.310 e. The first kappa shape index (κ1) is 20.5. The minimum absolute atomic E-state index is 0. The molecular weight excluding hydrogens is 390 g/mol. The molecule has 2 aromatic heterocycles. The molecule has 1 aliphatic rings. The van der Waals surface area contributed by atoms with Gasteiger partial charge in [-0.05, 0) is 63.4 Å². The van der Waals surface area contributed by atoms with Crippen LogP contribution in [0, 0.1) is 6.92 Å². The van der Waals surface area contributed by atoms with E-state index >= 15 is 0 Å². The van der Waals surface area contributed by atoms with Crippen molar-refractivity contribution in [3.63, 3.8) is 0 Å². The van der Waals surface area contributed by atoms with Crippen LogP contribution in [0.1, 0.15) is 37.1 Å². The lowest BCUT2D eigenvalue weighted by Gasteiger charge is -2.27. The second-order valence-corrected chi connectivity index (χ2v) is 8.42. The lowest BCUT2D eigenvalue weighted by molar-refractivity contribution is -0.118. The number of aryl methyl sites for hydroxylation is 2. The molecule has 0 saturated carbocycles. The Balaban J connectivity index is 0.00000225. The second kappa shape index (κ2) is 8.41. The lowest BCUT2D eigenvalue weighted by Crippen LogP contribution is -2.36. The zero-order chi connectivity index (χ0) is 19.0. The maximum Gasteiger partial charge on any atom is 0.227 e. The number of amides is 1. The van der Waals surface area contributed by atoms with E-state index < -0.39 is 0 Å². The monoisotopic (exact) mass is 413 g/mol. The molecule has 0 saturated heterocycles. The minimum Gasteiger partial charge on any atom is -0.310 e. The van der Waals surface area contributed by atoms with Gasteiger partial charge in [0.1, 0.15) is 5.01 Å². The number of hydrogen-bond donors (Lipinski definition) is 0. The van der Waals surface area contributed by atoms with Gasteiger partial charge >= 0.3 is 0 Å². The summed E-state index contributed by atoms with van der Waals surface area (Å²) in [4.78, 5) is 24.6. The van der Waals surface area contributed by atoms with Gasteiger partial charge in [0.25, 0.3) is 0 Å². The fourth-order valence-electron chi connectivity index (χ4n) is 3.70. The summed E-state index contributed by atoms with van der Waals surface area (Å²) in [6.07, 6.45) is 6.04. The molecule has 4 rings (SSSR count). The maximum absolute atomic E-state index is 12.5. The first-order valence-corrected chi connectivity index (χ1v) is 10.2. The molecule has 6 heteroatoms. The van der Waals surface area contributed by atoms with E-state index in [-0.39, 0.29) is 24.4 Å². The first-order chi connectivity index (χ1) is 13.0. The van der Waals surface area contributed by atoms with Gasteiger partial charge < -0.3 is 4.90 Å². The molecule has 146 valence electrons. The molecule has 1 aliphatic heterocycles. The molecule has 0 unspecified atom stereocenters. The van der Waals surface area contributed by atoms with Crippen LogP contribution in [0.15, 0.2) is 42.7 Å². The van der Waals surface area contributed by atoms with Crippen molar-refractivity contribution in [3.05, 3.63) is 53.2 Å². The number of hydrogen-bond acceptors (Lipinski definition) is 4. The summed E-state index contributed by atoms with van der Waals surface area (Å²) < 4.78 is 0. The predicted octanol–water partition coefficient (Wildman–Crippen LogP) is 5.68. The highest BCUT2D eigenvalue weighted by Crippen LogP contribution is 2.36. The minimum atomic E-state index is 0. The van der Waals surface area contributed by atoms with Crippen LogP contribution in [-0.2, 0) is 11.2 Å². The zero-order valence-electron chi connectivity index (χ0n) is 16.3. The molecule has 0 fully saturated rings. The number of anilines is 1. The van der Waals surface area contributed by atoms with Crippen LogP contribution in [0.5, 0.6) is 0 Å². The van der Waals surface area contributed by atoms with Gasteiger partial charge in [0.05, 0.1) is 5.69 Å². The molecule has 1 aromatic carbocycles. The van der Waals surface area contributed by atoms with Crippen LogP contribution in [0.3, 0.4) is 0 Å². The number of halogens is 1. The van der Waals surface area contributed by atoms with E-state index in [4.69, 9.17) is 4.98 Å². The number of aromatic nitrogens is 2. The van der Waals surface area contributed by atoms with Gasteiger partial charge in [0, 0.05) is 46.5 Å². The van der Waals surface area contributed by atoms with Crippen molar-refractivity contribution < 1.29 is 4.79 Å². The predicted molar refractivity (Wildman–Crippen MR) is 118 cm³/mol. The summed E-state index contributed by atoms with van der Waals surface area (Å²) in [7, 11) is 0. The average molecular weight is 414 g/mol. The highest BCUT2D eigenvalue weighted by molar-refractivity contribution is 7.15. The molecule has 1 amide bonds. The van der Waals surface area contributed by atoms with Gasteiger partial charge in [-0.2, -0.15) is 0 Å². The third-order valence-corrected chi connectivity index (χ3v) is 5.98. The number of nitrogens with zero attached hydrogens (tertiary/aromatic N) is 3. The quantitative estimate of drug-likeness (QED) is 0.554. The van der Waals surface area contributed by atoms with Crippen molar-refractivity contribution >= 4 is 35.3 Å². The second-order valence-electron chi connectivity index (χ2n) is 7.21. The Labute approximate surface area is 176 Å². The summed E-state index contributed by atoms with van der Waals surface area (Å²) in [5.74, 6) is 0.223. The van der Waals surface area contributed by atoms with Crippen molar-refractivity contribution in [2.75, 3.05) is 4.90 Å². The van der Waals surface area contributed by atoms with Crippen LogP contribution in [0.25, 0.3) is 21.8 Å². The molecule has 0 spiro atoms. The molecular formula is C22H24ClN3OS. The van der Waals surface area contributed by atoms with Gasteiger partial charge in [0.2, 0.25) is 5.91 Å². The van der Waals surface area contributed by atoms with E-state index in [1.165, 1.54) is 10.4 Å². The summed E-state index contributed by atoms with van der Waals surface area (Å²) in [6.45, 7) is 6.27. The topological polar surface area (TPSA) is 46.1 Å². The number of pyridine rings is 1. The number of carbonyl (C=O) groups is 1. The number of rotatable bonds is 3. The molecule has 0 aliphatic carbocycles. The van der Waals surface area contributed by atoms with E-state index in [1.807, 2.05) is 17.0 Å². The molecule has 0 radical (unpaired) electrons. The number of fused-ring (bicyclic) bond motifs is 1. The Hall–Kier alpha value is -2.24. The Morgan fingerprint density at radius 1 is 1.07 bits per heavy atom. The Morgan fingerprint density at radius 2 is 1.82 bits per heavy atom. The Kier molecular flexibility index (Phi) is 6.16. The Bertz CT molecular complexity index is 985. The normalized spacial score (nSPS) is 13.9. The van der Waals surface area contributed by atoms with E-state index in [1.54, 1.807) is 23.7 Å². The third-order valence-electron chi connectivity index (χ3n) is 4.96. The van der Waals surface area contributed by atoms with Crippen LogP contribution in [0.4, 0.5) is 5.69 Å².